The highest BCUT2D eigenvalue weighted by molar-refractivity contribution is 6.30. The SMILES string of the molecule is CC1(c2cccc(Cl)c2)CC(=O)NC1C(=O)O. The monoisotopic (exact) mass is 253 g/mol. The van der Waals surface area contributed by atoms with Crippen LogP contribution in [0.2, 0.25) is 5.02 Å². The molecule has 2 rings (SSSR count). The van der Waals surface area contributed by atoms with Crippen LogP contribution < -0.4 is 5.32 Å². The van der Waals surface area contributed by atoms with Gasteiger partial charge in [-0.2, -0.15) is 0 Å². The van der Waals surface area contributed by atoms with E-state index in [1.54, 1.807) is 31.2 Å². The number of nitrogens with one attached hydrogen (secondary N) is 1. The van der Waals surface area contributed by atoms with Crippen molar-refractivity contribution < 1.29 is 14.7 Å². The number of hydrogen-bond donors (Lipinski definition) is 2. The molecule has 2 N–H and O–H groups in total. The molecule has 1 fully saturated rings. The van der Waals surface area contributed by atoms with Crippen LogP contribution >= 0.6 is 11.6 Å². The van der Waals surface area contributed by atoms with Gasteiger partial charge in [-0.05, 0) is 17.7 Å². The third-order valence-corrected chi connectivity index (χ3v) is 3.44. The molecule has 1 aliphatic rings. The Hall–Kier alpha value is -1.55. The summed E-state index contributed by atoms with van der Waals surface area (Å²) in [5, 5.41) is 12.2. The first-order valence-electron chi connectivity index (χ1n) is 5.22. The summed E-state index contributed by atoms with van der Waals surface area (Å²) in [6.45, 7) is 1.76. The predicted molar refractivity (Wildman–Crippen MR) is 63.0 cm³/mol. The minimum absolute atomic E-state index is 0.157. The van der Waals surface area contributed by atoms with E-state index >= 15 is 0 Å². The van der Waals surface area contributed by atoms with Crippen LogP contribution in [0, 0.1) is 0 Å². The fourth-order valence-electron chi connectivity index (χ4n) is 2.25. The molecule has 0 spiro atoms. The average molecular weight is 254 g/mol. The Kier molecular flexibility index (Phi) is 2.83. The van der Waals surface area contributed by atoms with Crippen molar-refractivity contribution in [1.82, 2.24) is 5.32 Å². The van der Waals surface area contributed by atoms with Crippen molar-refractivity contribution in [3.05, 3.63) is 34.9 Å². The lowest BCUT2D eigenvalue weighted by molar-refractivity contribution is -0.141. The van der Waals surface area contributed by atoms with Crippen LogP contribution in [0.4, 0.5) is 0 Å². The van der Waals surface area contributed by atoms with E-state index in [1.807, 2.05) is 0 Å². The lowest BCUT2D eigenvalue weighted by Crippen LogP contribution is -2.44. The second-order valence-electron chi connectivity index (χ2n) is 4.44. The van der Waals surface area contributed by atoms with Crippen molar-refractivity contribution in [2.45, 2.75) is 24.8 Å². The molecule has 2 unspecified atom stereocenters. The summed E-state index contributed by atoms with van der Waals surface area (Å²) in [4.78, 5) is 22.6. The van der Waals surface area contributed by atoms with Gasteiger partial charge in [0.05, 0.1) is 0 Å². The molecule has 1 amide bonds. The molecule has 1 aromatic carbocycles. The van der Waals surface area contributed by atoms with Crippen molar-refractivity contribution in [3.63, 3.8) is 0 Å². The number of carboxylic acids is 1. The molecule has 0 bridgehead atoms. The van der Waals surface area contributed by atoms with Crippen LogP contribution in [-0.4, -0.2) is 23.0 Å². The van der Waals surface area contributed by atoms with Crippen LogP contribution in [0.15, 0.2) is 24.3 Å². The van der Waals surface area contributed by atoms with E-state index in [4.69, 9.17) is 16.7 Å². The van der Waals surface area contributed by atoms with E-state index in [2.05, 4.69) is 5.32 Å². The molecule has 0 aromatic heterocycles. The Morgan fingerprint density at radius 3 is 2.88 bits per heavy atom. The van der Waals surface area contributed by atoms with E-state index in [0.717, 1.165) is 5.56 Å². The summed E-state index contributed by atoms with van der Waals surface area (Å²) in [5.41, 5.74) is 0.00382. The van der Waals surface area contributed by atoms with Gasteiger partial charge in [-0.15, -0.1) is 0 Å². The Morgan fingerprint density at radius 2 is 2.29 bits per heavy atom. The molecule has 1 saturated heterocycles. The normalized spacial score (nSPS) is 27.9. The number of amides is 1. The van der Waals surface area contributed by atoms with Crippen molar-refractivity contribution in [3.8, 4) is 0 Å². The number of aliphatic carboxylic acids is 1. The maximum Gasteiger partial charge on any atom is 0.327 e. The highest BCUT2D eigenvalue weighted by Gasteiger charge is 2.48. The lowest BCUT2D eigenvalue weighted by atomic mass is 9.76. The summed E-state index contributed by atoms with van der Waals surface area (Å²) in [6, 6.07) is 6.06. The van der Waals surface area contributed by atoms with E-state index in [1.165, 1.54) is 0 Å². The molecule has 1 aliphatic heterocycles. The van der Waals surface area contributed by atoms with E-state index < -0.39 is 17.4 Å². The zero-order valence-corrected chi connectivity index (χ0v) is 9.99. The van der Waals surface area contributed by atoms with E-state index in [9.17, 15) is 9.59 Å². The van der Waals surface area contributed by atoms with Crippen molar-refractivity contribution >= 4 is 23.5 Å². The number of benzene rings is 1. The maximum atomic E-state index is 11.4. The van der Waals surface area contributed by atoms with Crippen LogP contribution in [0.5, 0.6) is 0 Å². The fraction of sp³-hybridized carbons (Fsp3) is 0.333. The third kappa shape index (κ3) is 2.00. The minimum Gasteiger partial charge on any atom is -0.480 e. The lowest BCUT2D eigenvalue weighted by Gasteiger charge is -2.27. The summed E-state index contributed by atoms with van der Waals surface area (Å²) >= 11 is 5.90. The molecule has 1 aromatic rings. The quantitative estimate of drug-likeness (QED) is 0.841. The molecule has 1 heterocycles. The number of rotatable bonds is 2. The van der Waals surface area contributed by atoms with Gasteiger partial charge >= 0.3 is 5.97 Å². The number of carbonyl (C=O) groups excluding carboxylic acids is 1. The van der Waals surface area contributed by atoms with Crippen LogP contribution in [0.25, 0.3) is 0 Å². The van der Waals surface area contributed by atoms with Gasteiger partial charge in [-0.1, -0.05) is 30.7 Å². The largest absolute Gasteiger partial charge is 0.480 e. The summed E-state index contributed by atoms with van der Waals surface area (Å²) in [6.07, 6.45) is 0.157. The first-order valence-corrected chi connectivity index (χ1v) is 5.59. The van der Waals surface area contributed by atoms with Crippen molar-refractivity contribution in [2.75, 3.05) is 0 Å². The molecule has 4 nitrogen and oxygen atoms in total. The van der Waals surface area contributed by atoms with Gasteiger partial charge in [0, 0.05) is 16.9 Å². The summed E-state index contributed by atoms with van der Waals surface area (Å²) < 4.78 is 0. The molecule has 5 heteroatoms. The van der Waals surface area contributed by atoms with Crippen LogP contribution in [-0.2, 0) is 15.0 Å². The summed E-state index contributed by atoms with van der Waals surface area (Å²) in [7, 11) is 0. The molecule has 2 atom stereocenters. The zero-order valence-electron chi connectivity index (χ0n) is 9.24. The smallest absolute Gasteiger partial charge is 0.327 e. The topological polar surface area (TPSA) is 66.4 Å². The first-order chi connectivity index (χ1) is 7.93. The van der Waals surface area contributed by atoms with Gasteiger partial charge in [0.1, 0.15) is 6.04 Å². The van der Waals surface area contributed by atoms with E-state index in [-0.39, 0.29) is 12.3 Å². The van der Waals surface area contributed by atoms with E-state index in [0.29, 0.717) is 5.02 Å². The Labute approximate surface area is 104 Å². The standard InChI is InChI=1S/C12H12ClNO3/c1-12(7-3-2-4-8(13)5-7)6-9(15)14-10(12)11(16)17/h2-5,10H,6H2,1H3,(H,14,15)(H,16,17). The second kappa shape index (κ2) is 4.04. The van der Waals surface area contributed by atoms with Crippen molar-refractivity contribution in [2.24, 2.45) is 0 Å². The van der Waals surface area contributed by atoms with Gasteiger partial charge in [-0.3, -0.25) is 4.79 Å². The Bertz CT molecular complexity index is 488. The van der Waals surface area contributed by atoms with Gasteiger partial charge in [0.25, 0.3) is 0 Å². The number of carboxylic acid groups (broad SMARTS) is 1. The van der Waals surface area contributed by atoms with Gasteiger partial charge in [0.15, 0.2) is 0 Å². The number of hydrogen-bond acceptors (Lipinski definition) is 2. The van der Waals surface area contributed by atoms with Gasteiger partial charge in [0.2, 0.25) is 5.91 Å². The number of carbonyl (C=O) groups is 2. The van der Waals surface area contributed by atoms with Crippen LogP contribution in [0.1, 0.15) is 18.9 Å². The zero-order chi connectivity index (χ0) is 12.6. The molecular formula is C12H12ClNO3. The predicted octanol–water partition coefficient (Wildman–Crippen LogP) is 1.57. The van der Waals surface area contributed by atoms with Gasteiger partial charge < -0.3 is 10.4 Å². The second-order valence-corrected chi connectivity index (χ2v) is 4.88. The third-order valence-electron chi connectivity index (χ3n) is 3.20. The highest BCUT2D eigenvalue weighted by Crippen LogP contribution is 2.36. The number of halogens is 1. The molecule has 90 valence electrons. The highest BCUT2D eigenvalue weighted by atomic mass is 35.5. The molecular weight excluding hydrogens is 242 g/mol. The van der Waals surface area contributed by atoms with Crippen molar-refractivity contribution in [1.29, 1.82) is 0 Å². The van der Waals surface area contributed by atoms with Gasteiger partial charge in [-0.25, -0.2) is 4.79 Å². The maximum absolute atomic E-state index is 11.4. The first kappa shape index (κ1) is 11.9. The average Bonchev–Trinajstić information content (AvgIpc) is 2.55. The Morgan fingerprint density at radius 1 is 1.59 bits per heavy atom. The Balaban J connectivity index is 2.47. The fourth-order valence-corrected chi connectivity index (χ4v) is 2.44. The minimum atomic E-state index is -1.03. The van der Waals surface area contributed by atoms with Crippen LogP contribution in [0.3, 0.4) is 0 Å². The summed E-state index contributed by atoms with van der Waals surface area (Å²) in [5.74, 6) is -1.28. The molecule has 0 aliphatic carbocycles. The molecule has 17 heavy (non-hydrogen) atoms. The molecule has 0 saturated carbocycles. The molecule has 0 radical (unpaired) electrons.